The molecule has 0 saturated heterocycles. The first-order valence-electron chi connectivity index (χ1n) is 5.77. The minimum absolute atomic E-state index is 0.141. The summed E-state index contributed by atoms with van der Waals surface area (Å²) in [5.74, 6) is 1.56. The van der Waals surface area contributed by atoms with Crippen LogP contribution in [0.25, 0.3) is 0 Å². The molecule has 5 heteroatoms. The Labute approximate surface area is 108 Å². The fourth-order valence-corrected chi connectivity index (χ4v) is 2.17. The molecule has 0 bridgehead atoms. The van der Waals surface area contributed by atoms with E-state index in [-0.39, 0.29) is 4.75 Å². The predicted molar refractivity (Wildman–Crippen MR) is 72.5 cm³/mol. The molecule has 0 spiro atoms. The average molecular weight is 255 g/mol. The third-order valence-corrected chi connectivity index (χ3v) is 2.88. The van der Waals surface area contributed by atoms with Gasteiger partial charge in [0.1, 0.15) is 17.5 Å². The van der Waals surface area contributed by atoms with Gasteiger partial charge in [-0.05, 0) is 6.92 Å². The summed E-state index contributed by atoms with van der Waals surface area (Å²) in [6.07, 6.45) is 0. The van der Waals surface area contributed by atoms with Crippen molar-refractivity contribution in [3.8, 4) is 0 Å². The molecule has 1 rings (SSSR count). The number of aromatic nitrogens is 2. The Morgan fingerprint density at radius 1 is 1.35 bits per heavy atom. The molecule has 0 aliphatic carbocycles. The molecule has 0 unspecified atom stereocenters. The number of ether oxygens (including phenoxy) is 1. The minimum atomic E-state index is 0.141. The highest BCUT2D eigenvalue weighted by molar-refractivity contribution is 8.00. The maximum absolute atomic E-state index is 5.34. The largest absolute Gasteiger partial charge is 0.374 e. The SMILES string of the molecule is CCOCc1nc(NC)cc(SC(C)(C)C)n1. The third-order valence-electron chi connectivity index (χ3n) is 1.85. The lowest BCUT2D eigenvalue weighted by atomic mass is 10.3. The molecule has 17 heavy (non-hydrogen) atoms. The molecular weight excluding hydrogens is 234 g/mol. The van der Waals surface area contributed by atoms with Crippen molar-refractivity contribution in [2.24, 2.45) is 0 Å². The fourth-order valence-electron chi connectivity index (χ4n) is 1.22. The molecule has 0 amide bonds. The first-order chi connectivity index (χ1) is 7.94. The Morgan fingerprint density at radius 3 is 2.59 bits per heavy atom. The zero-order valence-corrected chi connectivity index (χ0v) is 12.0. The van der Waals surface area contributed by atoms with Crippen molar-refractivity contribution in [2.75, 3.05) is 19.0 Å². The molecule has 1 heterocycles. The van der Waals surface area contributed by atoms with Gasteiger partial charge in [0.2, 0.25) is 0 Å². The number of hydrogen-bond acceptors (Lipinski definition) is 5. The molecule has 0 aliphatic heterocycles. The zero-order chi connectivity index (χ0) is 12.9. The van der Waals surface area contributed by atoms with Crippen molar-refractivity contribution >= 4 is 17.6 Å². The lowest BCUT2D eigenvalue weighted by Crippen LogP contribution is -2.09. The summed E-state index contributed by atoms with van der Waals surface area (Å²) in [6.45, 7) is 9.61. The fraction of sp³-hybridized carbons (Fsp3) is 0.667. The van der Waals surface area contributed by atoms with E-state index >= 15 is 0 Å². The third kappa shape index (κ3) is 5.37. The van der Waals surface area contributed by atoms with E-state index in [1.807, 2.05) is 20.0 Å². The van der Waals surface area contributed by atoms with Crippen molar-refractivity contribution in [3.63, 3.8) is 0 Å². The van der Waals surface area contributed by atoms with Gasteiger partial charge in [0.05, 0.1) is 0 Å². The van der Waals surface area contributed by atoms with E-state index in [2.05, 4.69) is 36.1 Å². The van der Waals surface area contributed by atoms with Crippen molar-refractivity contribution in [1.82, 2.24) is 9.97 Å². The Morgan fingerprint density at radius 2 is 2.06 bits per heavy atom. The second-order valence-electron chi connectivity index (χ2n) is 4.61. The molecule has 0 aromatic carbocycles. The molecule has 0 atom stereocenters. The summed E-state index contributed by atoms with van der Waals surface area (Å²) in [5, 5.41) is 4.03. The van der Waals surface area contributed by atoms with Gasteiger partial charge in [0.15, 0.2) is 5.82 Å². The number of hydrogen-bond donors (Lipinski definition) is 1. The van der Waals surface area contributed by atoms with Crippen LogP contribution in [-0.4, -0.2) is 28.4 Å². The van der Waals surface area contributed by atoms with E-state index in [0.717, 1.165) is 16.7 Å². The number of anilines is 1. The highest BCUT2D eigenvalue weighted by Gasteiger charge is 2.14. The molecule has 0 fully saturated rings. The van der Waals surface area contributed by atoms with E-state index in [9.17, 15) is 0 Å². The Hall–Kier alpha value is -0.810. The van der Waals surface area contributed by atoms with Crippen LogP contribution in [0.1, 0.15) is 33.5 Å². The van der Waals surface area contributed by atoms with Crippen LogP contribution in [0.15, 0.2) is 11.1 Å². The second kappa shape index (κ2) is 6.21. The van der Waals surface area contributed by atoms with Crippen molar-refractivity contribution in [3.05, 3.63) is 11.9 Å². The van der Waals surface area contributed by atoms with Gasteiger partial charge in [-0.1, -0.05) is 20.8 Å². The van der Waals surface area contributed by atoms with Crippen LogP contribution in [0.2, 0.25) is 0 Å². The van der Waals surface area contributed by atoms with Gasteiger partial charge < -0.3 is 10.1 Å². The number of rotatable bonds is 5. The molecule has 0 aliphatic rings. The van der Waals surface area contributed by atoms with Crippen LogP contribution in [0.4, 0.5) is 5.82 Å². The molecular formula is C12H21N3OS. The first kappa shape index (κ1) is 14.3. The Bertz CT molecular complexity index is 363. The standard InChI is InChI=1S/C12H21N3OS/c1-6-16-8-10-14-9(13-5)7-11(15-10)17-12(2,3)4/h7H,6,8H2,1-5H3,(H,13,14,15). The molecule has 1 N–H and O–H groups in total. The molecule has 1 aromatic heterocycles. The summed E-state index contributed by atoms with van der Waals surface area (Å²) < 4.78 is 5.48. The van der Waals surface area contributed by atoms with Crippen molar-refractivity contribution in [1.29, 1.82) is 0 Å². The lowest BCUT2D eigenvalue weighted by molar-refractivity contribution is 0.128. The second-order valence-corrected chi connectivity index (χ2v) is 6.46. The van der Waals surface area contributed by atoms with Gasteiger partial charge in [-0.15, -0.1) is 11.8 Å². The van der Waals surface area contributed by atoms with Gasteiger partial charge in [-0.25, -0.2) is 9.97 Å². The lowest BCUT2D eigenvalue weighted by Gasteiger charge is -2.17. The van der Waals surface area contributed by atoms with Gasteiger partial charge in [0.25, 0.3) is 0 Å². The van der Waals surface area contributed by atoms with Gasteiger partial charge in [-0.3, -0.25) is 0 Å². The quantitative estimate of drug-likeness (QED) is 0.647. The summed E-state index contributed by atoms with van der Waals surface area (Å²) in [6, 6.07) is 1.96. The smallest absolute Gasteiger partial charge is 0.157 e. The van der Waals surface area contributed by atoms with E-state index in [1.165, 1.54) is 0 Å². The minimum Gasteiger partial charge on any atom is -0.374 e. The predicted octanol–water partition coefficient (Wildman–Crippen LogP) is 2.95. The molecule has 4 nitrogen and oxygen atoms in total. The van der Waals surface area contributed by atoms with Gasteiger partial charge in [0, 0.05) is 24.5 Å². The van der Waals surface area contributed by atoms with Gasteiger partial charge in [-0.2, -0.15) is 0 Å². The highest BCUT2D eigenvalue weighted by atomic mass is 32.2. The summed E-state index contributed by atoms with van der Waals surface area (Å²) in [5.41, 5.74) is 0. The summed E-state index contributed by atoms with van der Waals surface area (Å²) in [4.78, 5) is 8.85. The summed E-state index contributed by atoms with van der Waals surface area (Å²) in [7, 11) is 1.86. The number of thioether (sulfide) groups is 1. The summed E-state index contributed by atoms with van der Waals surface area (Å²) >= 11 is 1.73. The monoisotopic (exact) mass is 255 g/mol. The topological polar surface area (TPSA) is 47.0 Å². The van der Waals surface area contributed by atoms with Crippen LogP contribution in [0.5, 0.6) is 0 Å². The van der Waals surface area contributed by atoms with Crippen LogP contribution in [0, 0.1) is 0 Å². The van der Waals surface area contributed by atoms with E-state index < -0.39 is 0 Å². The van der Waals surface area contributed by atoms with Crippen LogP contribution in [0.3, 0.4) is 0 Å². The Balaban J connectivity index is 2.88. The van der Waals surface area contributed by atoms with Crippen LogP contribution in [-0.2, 0) is 11.3 Å². The highest BCUT2D eigenvalue weighted by Crippen LogP contribution is 2.31. The number of nitrogens with one attached hydrogen (secondary N) is 1. The first-order valence-corrected chi connectivity index (χ1v) is 6.58. The zero-order valence-electron chi connectivity index (χ0n) is 11.2. The van der Waals surface area contributed by atoms with E-state index in [1.54, 1.807) is 11.8 Å². The molecule has 0 radical (unpaired) electrons. The van der Waals surface area contributed by atoms with E-state index in [4.69, 9.17) is 4.74 Å². The normalized spacial score (nSPS) is 11.6. The van der Waals surface area contributed by atoms with Crippen molar-refractivity contribution in [2.45, 2.75) is 44.1 Å². The van der Waals surface area contributed by atoms with Crippen molar-refractivity contribution < 1.29 is 4.74 Å². The average Bonchev–Trinajstić information content (AvgIpc) is 2.23. The molecule has 96 valence electrons. The maximum atomic E-state index is 5.34. The van der Waals surface area contributed by atoms with Crippen LogP contribution >= 0.6 is 11.8 Å². The van der Waals surface area contributed by atoms with Gasteiger partial charge >= 0.3 is 0 Å². The maximum Gasteiger partial charge on any atom is 0.157 e. The number of nitrogens with zero attached hydrogens (tertiary/aromatic N) is 2. The molecule has 0 saturated carbocycles. The van der Waals surface area contributed by atoms with E-state index in [0.29, 0.717) is 13.2 Å². The Kier molecular flexibility index (Phi) is 5.21. The molecule has 1 aromatic rings. The van der Waals surface area contributed by atoms with Crippen LogP contribution < -0.4 is 5.32 Å².